The van der Waals surface area contributed by atoms with Crippen LogP contribution in [0.5, 0.6) is 5.75 Å². The van der Waals surface area contributed by atoms with Crippen LogP contribution in [0, 0.1) is 3.57 Å². The van der Waals surface area contributed by atoms with Crippen LogP contribution in [0.2, 0.25) is 0 Å². The van der Waals surface area contributed by atoms with E-state index in [0.717, 1.165) is 29.9 Å². The fraction of sp³-hybridized carbons (Fsp3) is 0.250. The van der Waals surface area contributed by atoms with Crippen LogP contribution in [0.3, 0.4) is 0 Å². The van der Waals surface area contributed by atoms with Gasteiger partial charge in [0.15, 0.2) is 0 Å². The number of nitrogens with two attached hydrogens (primary N) is 1. The lowest BCUT2D eigenvalue weighted by Crippen LogP contribution is -2.15. The molecule has 2 aromatic carbocycles. The van der Waals surface area contributed by atoms with Crippen LogP contribution in [-0.2, 0) is 0 Å². The minimum atomic E-state index is -0.152. The molecule has 0 saturated carbocycles. The summed E-state index contributed by atoms with van der Waals surface area (Å²) in [5.41, 5.74) is 8.58. The van der Waals surface area contributed by atoms with Crippen LogP contribution in [-0.4, -0.2) is 6.61 Å². The Morgan fingerprint density at radius 3 is 2.37 bits per heavy atom. The first-order chi connectivity index (χ1) is 9.24. The zero-order chi connectivity index (χ0) is 13.7. The lowest BCUT2D eigenvalue weighted by atomic mass is 9.99. The molecule has 0 fully saturated rings. The van der Waals surface area contributed by atoms with Gasteiger partial charge < -0.3 is 10.5 Å². The third kappa shape index (κ3) is 3.48. The minimum Gasteiger partial charge on any atom is -0.493 e. The molecule has 0 heterocycles. The Balaban J connectivity index is 2.33. The van der Waals surface area contributed by atoms with Gasteiger partial charge in [-0.2, -0.15) is 0 Å². The van der Waals surface area contributed by atoms with Gasteiger partial charge in [0, 0.05) is 9.13 Å². The van der Waals surface area contributed by atoms with E-state index in [4.69, 9.17) is 10.5 Å². The molecule has 0 saturated heterocycles. The summed E-state index contributed by atoms with van der Waals surface area (Å²) in [5.74, 6) is 0.886. The Hall–Kier alpha value is -1.07. The molecule has 19 heavy (non-hydrogen) atoms. The molecular formula is C16H18INO. The highest BCUT2D eigenvalue weighted by Crippen LogP contribution is 2.30. The van der Waals surface area contributed by atoms with E-state index >= 15 is 0 Å². The van der Waals surface area contributed by atoms with Crippen LogP contribution < -0.4 is 10.5 Å². The fourth-order valence-electron chi connectivity index (χ4n) is 1.98. The first-order valence-corrected chi connectivity index (χ1v) is 7.53. The van der Waals surface area contributed by atoms with Crippen LogP contribution in [0.25, 0.3) is 0 Å². The first-order valence-electron chi connectivity index (χ1n) is 6.45. The van der Waals surface area contributed by atoms with Crippen molar-refractivity contribution in [2.24, 2.45) is 5.73 Å². The van der Waals surface area contributed by atoms with Gasteiger partial charge in [-0.05, 0) is 46.7 Å². The van der Waals surface area contributed by atoms with Gasteiger partial charge in [-0.3, -0.25) is 0 Å². The van der Waals surface area contributed by atoms with Crippen molar-refractivity contribution in [1.82, 2.24) is 0 Å². The highest BCUT2D eigenvalue weighted by Gasteiger charge is 2.15. The van der Waals surface area contributed by atoms with Crippen LogP contribution in [0.4, 0.5) is 0 Å². The van der Waals surface area contributed by atoms with Gasteiger partial charge in [0.2, 0.25) is 0 Å². The summed E-state index contributed by atoms with van der Waals surface area (Å²) in [4.78, 5) is 0. The van der Waals surface area contributed by atoms with E-state index in [9.17, 15) is 0 Å². The number of halogens is 1. The molecule has 2 rings (SSSR count). The maximum absolute atomic E-state index is 6.40. The van der Waals surface area contributed by atoms with E-state index in [1.54, 1.807) is 0 Å². The highest BCUT2D eigenvalue weighted by atomic mass is 127. The predicted octanol–water partition coefficient (Wildman–Crippen LogP) is 4.13. The molecule has 3 heteroatoms. The second-order valence-corrected chi connectivity index (χ2v) is 5.55. The third-order valence-corrected chi connectivity index (χ3v) is 3.94. The van der Waals surface area contributed by atoms with Crippen molar-refractivity contribution in [2.45, 2.75) is 19.4 Å². The van der Waals surface area contributed by atoms with Crippen LogP contribution in [0.15, 0.2) is 48.5 Å². The van der Waals surface area contributed by atoms with Crippen molar-refractivity contribution < 1.29 is 4.74 Å². The predicted molar refractivity (Wildman–Crippen MR) is 87.4 cm³/mol. The average Bonchev–Trinajstić information content (AvgIpc) is 2.45. The van der Waals surface area contributed by atoms with Crippen LogP contribution in [0.1, 0.15) is 30.5 Å². The monoisotopic (exact) mass is 367 g/mol. The van der Waals surface area contributed by atoms with Gasteiger partial charge in [0.25, 0.3) is 0 Å². The second kappa shape index (κ2) is 6.91. The maximum Gasteiger partial charge on any atom is 0.124 e. The van der Waals surface area contributed by atoms with Crippen LogP contribution >= 0.6 is 22.6 Å². The second-order valence-electron chi connectivity index (χ2n) is 4.39. The Morgan fingerprint density at radius 1 is 1.05 bits per heavy atom. The van der Waals surface area contributed by atoms with Crippen molar-refractivity contribution in [2.75, 3.05) is 6.61 Å². The summed E-state index contributed by atoms with van der Waals surface area (Å²) in [6.45, 7) is 2.82. The summed E-state index contributed by atoms with van der Waals surface area (Å²) in [5, 5.41) is 0. The van der Waals surface area contributed by atoms with E-state index in [1.165, 1.54) is 3.57 Å². The molecule has 0 aliphatic carbocycles. The molecule has 1 unspecified atom stereocenters. The van der Waals surface area contributed by atoms with Gasteiger partial charge in [0.1, 0.15) is 5.75 Å². The molecule has 2 N–H and O–H groups in total. The Kier molecular flexibility index (Phi) is 5.22. The fourth-order valence-corrected chi connectivity index (χ4v) is 2.70. The molecule has 0 aromatic heterocycles. The largest absolute Gasteiger partial charge is 0.493 e. The first kappa shape index (κ1) is 14.3. The topological polar surface area (TPSA) is 35.2 Å². The number of hydrogen-bond donors (Lipinski definition) is 1. The van der Waals surface area contributed by atoms with Crippen molar-refractivity contribution in [3.8, 4) is 5.75 Å². The zero-order valence-electron chi connectivity index (χ0n) is 11.0. The molecule has 0 amide bonds. The minimum absolute atomic E-state index is 0.152. The van der Waals surface area contributed by atoms with Gasteiger partial charge in [-0.1, -0.05) is 43.3 Å². The number of hydrogen-bond acceptors (Lipinski definition) is 2. The van der Waals surface area contributed by atoms with E-state index in [2.05, 4.69) is 41.6 Å². The molecule has 0 aliphatic heterocycles. The van der Waals surface area contributed by atoms with Crippen molar-refractivity contribution in [3.63, 3.8) is 0 Å². The smallest absolute Gasteiger partial charge is 0.124 e. The van der Waals surface area contributed by atoms with Gasteiger partial charge in [-0.15, -0.1) is 0 Å². The van der Waals surface area contributed by atoms with Crippen molar-refractivity contribution in [3.05, 3.63) is 63.2 Å². The molecule has 2 aromatic rings. The maximum atomic E-state index is 6.40. The molecule has 1 atom stereocenters. The van der Waals surface area contributed by atoms with E-state index in [1.807, 2.05) is 36.4 Å². The standard InChI is InChI=1S/C16H18INO/c1-2-11-19-15-10-6-4-8-13(15)16(18)12-7-3-5-9-14(12)17/h3-10,16H,2,11,18H2,1H3. The molecule has 0 aliphatic rings. The summed E-state index contributed by atoms with van der Waals surface area (Å²) in [6.07, 6.45) is 0.993. The Morgan fingerprint density at radius 2 is 1.68 bits per heavy atom. The molecular weight excluding hydrogens is 349 g/mol. The summed E-state index contributed by atoms with van der Waals surface area (Å²) >= 11 is 2.32. The quantitative estimate of drug-likeness (QED) is 0.807. The lowest BCUT2D eigenvalue weighted by Gasteiger charge is -2.18. The number of benzene rings is 2. The Bertz CT molecular complexity index is 542. The molecule has 0 radical (unpaired) electrons. The van der Waals surface area contributed by atoms with Crippen molar-refractivity contribution >= 4 is 22.6 Å². The molecule has 100 valence electrons. The SMILES string of the molecule is CCCOc1ccccc1C(N)c1ccccc1I. The van der Waals surface area contributed by atoms with Gasteiger partial charge in [-0.25, -0.2) is 0 Å². The average molecular weight is 367 g/mol. The Labute approximate surface area is 128 Å². The lowest BCUT2D eigenvalue weighted by molar-refractivity contribution is 0.313. The molecule has 2 nitrogen and oxygen atoms in total. The highest BCUT2D eigenvalue weighted by molar-refractivity contribution is 14.1. The summed E-state index contributed by atoms with van der Waals surface area (Å²) in [7, 11) is 0. The van der Waals surface area contributed by atoms with Gasteiger partial charge >= 0.3 is 0 Å². The number of ether oxygens (including phenoxy) is 1. The zero-order valence-corrected chi connectivity index (χ0v) is 13.1. The summed E-state index contributed by atoms with van der Waals surface area (Å²) in [6, 6.07) is 16.1. The van der Waals surface area contributed by atoms with E-state index < -0.39 is 0 Å². The van der Waals surface area contributed by atoms with Crippen molar-refractivity contribution in [1.29, 1.82) is 0 Å². The van der Waals surface area contributed by atoms with E-state index in [0.29, 0.717) is 0 Å². The molecule has 0 bridgehead atoms. The third-order valence-electron chi connectivity index (χ3n) is 2.96. The van der Waals surface area contributed by atoms with Gasteiger partial charge in [0.05, 0.1) is 12.6 Å². The molecule has 0 spiro atoms. The number of para-hydroxylation sites is 1. The van der Waals surface area contributed by atoms with E-state index in [-0.39, 0.29) is 6.04 Å². The number of rotatable bonds is 5. The summed E-state index contributed by atoms with van der Waals surface area (Å²) < 4.78 is 6.96. The normalized spacial score (nSPS) is 12.2.